The maximum Gasteiger partial charge on any atom is 0.267 e. The summed E-state index contributed by atoms with van der Waals surface area (Å²) >= 11 is 0. The third-order valence-electron chi connectivity index (χ3n) is 2.82. The number of hydrogen-bond donors (Lipinski definition) is 2. The number of nitrogens with one attached hydrogen (secondary N) is 2. The fraction of sp³-hybridized carbons (Fsp3) is 0.353. The third-order valence-corrected chi connectivity index (χ3v) is 2.82. The fourth-order valence-corrected chi connectivity index (χ4v) is 1.70. The largest absolute Gasteiger partial charge is 0.390 e. The number of rotatable bonds is 8. The molecule has 2 N–H and O–H groups in total. The molecule has 6 heteroatoms. The standard InChI is InChI=1S/C17H20N4O2/c1-13(2)23-9-5-8-20-12-15(11-19)17(22)21-16-7-4-3-6-14(16)10-18/h3-4,6-7,12-13,20H,5,8-9H2,1-2H3,(H,21,22)/b15-12-. The van der Waals surface area contributed by atoms with E-state index in [0.717, 1.165) is 6.42 Å². The van der Waals surface area contributed by atoms with Crippen LogP contribution in [0.1, 0.15) is 25.8 Å². The Bertz CT molecular complexity index is 639. The van der Waals surface area contributed by atoms with Gasteiger partial charge in [0.05, 0.1) is 17.4 Å². The Morgan fingerprint density at radius 2 is 2.09 bits per heavy atom. The van der Waals surface area contributed by atoms with Crippen LogP contribution in [0.25, 0.3) is 0 Å². The lowest BCUT2D eigenvalue weighted by Crippen LogP contribution is -2.18. The van der Waals surface area contributed by atoms with Crippen molar-refractivity contribution in [2.75, 3.05) is 18.5 Å². The molecule has 1 aromatic carbocycles. The molecule has 0 bridgehead atoms. The van der Waals surface area contributed by atoms with Crippen LogP contribution in [-0.4, -0.2) is 25.2 Å². The van der Waals surface area contributed by atoms with E-state index >= 15 is 0 Å². The molecule has 1 amide bonds. The molecular weight excluding hydrogens is 292 g/mol. The number of para-hydroxylation sites is 1. The summed E-state index contributed by atoms with van der Waals surface area (Å²) in [6.45, 7) is 5.14. The average molecular weight is 312 g/mol. The monoisotopic (exact) mass is 312 g/mol. The van der Waals surface area contributed by atoms with Gasteiger partial charge in [0.25, 0.3) is 5.91 Å². The molecule has 0 spiro atoms. The number of hydrogen-bond acceptors (Lipinski definition) is 5. The predicted molar refractivity (Wildman–Crippen MR) is 87.2 cm³/mol. The molecule has 0 radical (unpaired) electrons. The topological polar surface area (TPSA) is 97.9 Å². The molecule has 0 aromatic heterocycles. The van der Waals surface area contributed by atoms with Gasteiger partial charge in [0.2, 0.25) is 0 Å². The zero-order valence-electron chi connectivity index (χ0n) is 13.3. The minimum Gasteiger partial charge on any atom is -0.390 e. The highest BCUT2D eigenvalue weighted by atomic mass is 16.5. The van der Waals surface area contributed by atoms with Gasteiger partial charge in [-0.1, -0.05) is 12.1 Å². The summed E-state index contributed by atoms with van der Waals surface area (Å²) in [6.07, 6.45) is 2.33. The van der Waals surface area contributed by atoms with E-state index in [2.05, 4.69) is 10.6 Å². The fourth-order valence-electron chi connectivity index (χ4n) is 1.70. The van der Waals surface area contributed by atoms with E-state index in [0.29, 0.717) is 24.4 Å². The van der Waals surface area contributed by atoms with E-state index in [9.17, 15) is 4.79 Å². The first kappa shape index (κ1) is 18.2. The number of anilines is 1. The summed E-state index contributed by atoms with van der Waals surface area (Å²) in [7, 11) is 0. The highest BCUT2D eigenvalue weighted by Crippen LogP contribution is 2.14. The van der Waals surface area contributed by atoms with E-state index in [4.69, 9.17) is 15.3 Å². The van der Waals surface area contributed by atoms with Crippen LogP contribution in [0.3, 0.4) is 0 Å². The van der Waals surface area contributed by atoms with Crippen LogP contribution in [-0.2, 0) is 9.53 Å². The van der Waals surface area contributed by atoms with Gasteiger partial charge in [0, 0.05) is 19.4 Å². The molecule has 0 atom stereocenters. The second-order valence-electron chi connectivity index (χ2n) is 5.01. The SMILES string of the molecule is CC(C)OCCCN/C=C(/C#N)C(=O)Nc1ccccc1C#N. The summed E-state index contributed by atoms with van der Waals surface area (Å²) in [6, 6.07) is 10.4. The number of nitriles is 2. The molecule has 0 saturated heterocycles. The molecule has 120 valence electrons. The smallest absolute Gasteiger partial charge is 0.267 e. The Hall–Kier alpha value is -2.83. The summed E-state index contributed by atoms with van der Waals surface area (Å²) in [5, 5.41) is 23.5. The van der Waals surface area contributed by atoms with Crippen molar-refractivity contribution in [3.05, 3.63) is 41.6 Å². The van der Waals surface area contributed by atoms with Crippen molar-refractivity contribution in [1.82, 2.24) is 5.32 Å². The first-order chi connectivity index (χ1) is 11.1. The lowest BCUT2D eigenvalue weighted by Gasteiger charge is -2.08. The Balaban J connectivity index is 2.54. The lowest BCUT2D eigenvalue weighted by atomic mass is 10.2. The van der Waals surface area contributed by atoms with Gasteiger partial charge in [0.15, 0.2) is 0 Å². The number of nitrogens with zero attached hydrogens (tertiary/aromatic N) is 2. The molecule has 0 saturated carbocycles. The summed E-state index contributed by atoms with van der Waals surface area (Å²) in [5.74, 6) is -0.555. The number of ether oxygens (including phenoxy) is 1. The molecule has 0 fully saturated rings. The number of carbonyl (C=O) groups is 1. The van der Waals surface area contributed by atoms with Crippen LogP contribution in [0, 0.1) is 22.7 Å². The molecule has 0 unspecified atom stereocenters. The molecule has 0 heterocycles. The quantitative estimate of drug-likeness (QED) is 0.436. The normalized spacial score (nSPS) is 10.7. The van der Waals surface area contributed by atoms with E-state index < -0.39 is 5.91 Å². The third kappa shape index (κ3) is 6.64. The molecule has 0 aliphatic carbocycles. The highest BCUT2D eigenvalue weighted by molar-refractivity contribution is 6.07. The number of carbonyl (C=O) groups excluding carboxylic acids is 1. The van der Waals surface area contributed by atoms with Crippen molar-refractivity contribution in [2.45, 2.75) is 26.4 Å². The predicted octanol–water partition coefficient (Wildman–Crippen LogP) is 2.31. The van der Waals surface area contributed by atoms with Crippen LogP contribution in [0.15, 0.2) is 36.0 Å². The van der Waals surface area contributed by atoms with Gasteiger partial charge in [-0.3, -0.25) is 4.79 Å². The van der Waals surface area contributed by atoms with E-state index in [1.54, 1.807) is 24.3 Å². The van der Waals surface area contributed by atoms with Gasteiger partial charge in [-0.25, -0.2) is 0 Å². The Morgan fingerprint density at radius 1 is 1.35 bits per heavy atom. The highest BCUT2D eigenvalue weighted by Gasteiger charge is 2.11. The Kier molecular flexibility index (Phi) is 7.91. The van der Waals surface area contributed by atoms with Gasteiger partial charge in [-0.2, -0.15) is 10.5 Å². The minimum absolute atomic E-state index is 0.0532. The maximum absolute atomic E-state index is 12.0. The maximum atomic E-state index is 12.0. The van der Waals surface area contributed by atoms with Crippen LogP contribution >= 0.6 is 0 Å². The van der Waals surface area contributed by atoms with E-state index in [1.165, 1.54) is 6.20 Å². The van der Waals surface area contributed by atoms with Gasteiger partial charge >= 0.3 is 0 Å². The second-order valence-corrected chi connectivity index (χ2v) is 5.01. The molecular formula is C17H20N4O2. The van der Waals surface area contributed by atoms with Gasteiger partial charge in [0.1, 0.15) is 17.7 Å². The lowest BCUT2D eigenvalue weighted by molar-refractivity contribution is -0.112. The van der Waals surface area contributed by atoms with Crippen LogP contribution in [0.2, 0.25) is 0 Å². The van der Waals surface area contributed by atoms with Crippen molar-refractivity contribution in [3.63, 3.8) is 0 Å². The van der Waals surface area contributed by atoms with Crippen LogP contribution < -0.4 is 10.6 Å². The average Bonchev–Trinajstić information content (AvgIpc) is 2.54. The van der Waals surface area contributed by atoms with Crippen molar-refractivity contribution in [3.8, 4) is 12.1 Å². The minimum atomic E-state index is -0.555. The van der Waals surface area contributed by atoms with Gasteiger partial charge in [-0.15, -0.1) is 0 Å². The van der Waals surface area contributed by atoms with E-state index in [1.807, 2.05) is 26.0 Å². The van der Waals surface area contributed by atoms with Crippen molar-refractivity contribution < 1.29 is 9.53 Å². The molecule has 6 nitrogen and oxygen atoms in total. The zero-order chi connectivity index (χ0) is 17.1. The summed E-state index contributed by atoms with van der Waals surface area (Å²) in [5.41, 5.74) is 0.672. The molecule has 23 heavy (non-hydrogen) atoms. The Labute approximate surface area is 136 Å². The molecule has 1 aromatic rings. The van der Waals surface area contributed by atoms with E-state index in [-0.39, 0.29) is 11.7 Å². The number of benzene rings is 1. The molecule has 1 rings (SSSR count). The second kappa shape index (κ2) is 9.99. The van der Waals surface area contributed by atoms with Crippen molar-refractivity contribution in [2.24, 2.45) is 0 Å². The molecule has 0 aliphatic heterocycles. The molecule has 0 aliphatic rings. The van der Waals surface area contributed by atoms with Crippen molar-refractivity contribution in [1.29, 1.82) is 10.5 Å². The van der Waals surface area contributed by atoms with Gasteiger partial charge < -0.3 is 15.4 Å². The summed E-state index contributed by atoms with van der Waals surface area (Å²) in [4.78, 5) is 12.0. The first-order valence-corrected chi connectivity index (χ1v) is 7.34. The zero-order valence-corrected chi connectivity index (χ0v) is 13.3. The summed E-state index contributed by atoms with van der Waals surface area (Å²) < 4.78 is 5.39. The number of amides is 1. The van der Waals surface area contributed by atoms with Gasteiger partial charge in [-0.05, 0) is 32.4 Å². The van der Waals surface area contributed by atoms with Crippen LogP contribution in [0.4, 0.5) is 5.69 Å². The van der Waals surface area contributed by atoms with Crippen LogP contribution in [0.5, 0.6) is 0 Å². The Morgan fingerprint density at radius 3 is 2.74 bits per heavy atom. The first-order valence-electron chi connectivity index (χ1n) is 7.34. The van der Waals surface area contributed by atoms with Crippen molar-refractivity contribution >= 4 is 11.6 Å².